The van der Waals surface area contributed by atoms with E-state index < -0.39 is 31.1 Å². The van der Waals surface area contributed by atoms with Crippen molar-refractivity contribution in [3.05, 3.63) is 0 Å². The molecule has 1 saturated heterocycles. The highest BCUT2D eigenvalue weighted by Crippen LogP contribution is 2.13. The van der Waals surface area contributed by atoms with E-state index in [1.165, 1.54) is 0 Å². The molecule has 1 rings (SSSR count). The first kappa shape index (κ1) is 11.3. The monoisotopic (exact) mass is 209 g/mol. The second kappa shape index (κ2) is 4.65. The topological polar surface area (TPSA) is 58.6 Å². The fourth-order valence-electron chi connectivity index (χ4n) is 1.17. The molecule has 1 aliphatic heterocycles. The van der Waals surface area contributed by atoms with E-state index in [1.54, 1.807) is 0 Å². The third-order valence-corrected chi connectivity index (χ3v) is 1.97. The standard InChI is InChI=1S/C8H13F2NO3/c9-8(10,5-12)4-11-7(13)6-2-1-3-14-6/h6,12H,1-5H2,(H,11,13)/t6-/m0/s1. The van der Waals surface area contributed by atoms with E-state index in [2.05, 4.69) is 0 Å². The van der Waals surface area contributed by atoms with Crippen LogP contribution in [-0.4, -0.2) is 42.8 Å². The molecule has 0 spiro atoms. The zero-order chi connectivity index (χ0) is 10.6. The Bertz CT molecular complexity index is 205. The molecule has 0 aromatic rings. The van der Waals surface area contributed by atoms with Crippen LogP contribution in [0, 0.1) is 0 Å². The summed E-state index contributed by atoms with van der Waals surface area (Å²) in [5, 5.41) is 10.3. The number of ether oxygens (including phenoxy) is 1. The molecular formula is C8H13F2NO3. The van der Waals surface area contributed by atoms with E-state index >= 15 is 0 Å². The molecule has 0 saturated carbocycles. The van der Waals surface area contributed by atoms with Crippen LogP contribution < -0.4 is 5.32 Å². The van der Waals surface area contributed by atoms with Crippen LogP contribution in [0.5, 0.6) is 0 Å². The molecular weight excluding hydrogens is 196 g/mol. The number of carbonyl (C=O) groups excluding carboxylic acids is 1. The van der Waals surface area contributed by atoms with Gasteiger partial charge in [-0.25, -0.2) is 8.78 Å². The molecule has 4 nitrogen and oxygen atoms in total. The van der Waals surface area contributed by atoms with Gasteiger partial charge in [0.2, 0.25) is 5.91 Å². The molecule has 1 atom stereocenters. The Morgan fingerprint density at radius 1 is 1.64 bits per heavy atom. The van der Waals surface area contributed by atoms with Gasteiger partial charge in [0.25, 0.3) is 5.92 Å². The molecule has 0 aromatic heterocycles. The minimum Gasteiger partial charge on any atom is -0.390 e. The summed E-state index contributed by atoms with van der Waals surface area (Å²) < 4.78 is 30.0. The highest BCUT2D eigenvalue weighted by molar-refractivity contribution is 5.80. The van der Waals surface area contributed by atoms with Crippen LogP contribution in [0.3, 0.4) is 0 Å². The Morgan fingerprint density at radius 3 is 2.86 bits per heavy atom. The highest BCUT2D eigenvalue weighted by atomic mass is 19.3. The normalized spacial score (nSPS) is 22.4. The molecule has 82 valence electrons. The lowest BCUT2D eigenvalue weighted by Crippen LogP contribution is -2.43. The van der Waals surface area contributed by atoms with Crippen molar-refractivity contribution in [1.82, 2.24) is 5.32 Å². The van der Waals surface area contributed by atoms with Gasteiger partial charge in [-0.3, -0.25) is 4.79 Å². The van der Waals surface area contributed by atoms with Crippen molar-refractivity contribution >= 4 is 5.91 Å². The van der Waals surface area contributed by atoms with Gasteiger partial charge in [0.05, 0.1) is 6.54 Å². The number of halogens is 2. The van der Waals surface area contributed by atoms with Gasteiger partial charge in [0.1, 0.15) is 12.7 Å². The Labute approximate surface area is 80.2 Å². The second-order valence-electron chi connectivity index (χ2n) is 3.23. The molecule has 2 N–H and O–H groups in total. The summed E-state index contributed by atoms with van der Waals surface area (Å²) in [5.74, 6) is -3.79. The summed E-state index contributed by atoms with van der Waals surface area (Å²) in [7, 11) is 0. The van der Waals surface area contributed by atoms with Gasteiger partial charge in [-0.1, -0.05) is 0 Å². The first-order valence-electron chi connectivity index (χ1n) is 4.43. The van der Waals surface area contributed by atoms with E-state index in [-0.39, 0.29) is 0 Å². The first-order chi connectivity index (χ1) is 6.55. The maximum atomic E-state index is 12.5. The Kier molecular flexibility index (Phi) is 3.77. The molecule has 1 aliphatic rings. The van der Waals surface area contributed by atoms with Crippen LogP contribution in [-0.2, 0) is 9.53 Å². The van der Waals surface area contributed by atoms with Crippen molar-refractivity contribution in [2.45, 2.75) is 24.9 Å². The second-order valence-corrected chi connectivity index (χ2v) is 3.23. The average Bonchev–Trinajstić information content (AvgIpc) is 2.67. The van der Waals surface area contributed by atoms with Gasteiger partial charge in [-0.05, 0) is 12.8 Å². The van der Waals surface area contributed by atoms with Crippen molar-refractivity contribution in [1.29, 1.82) is 0 Å². The minimum absolute atomic E-state index is 0.495. The Morgan fingerprint density at radius 2 is 2.36 bits per heavy atom. The zero-order valence-electron chi connectivity index (χ0n) is 7.63. The lowest BCUT2D eigenvalue weighted by Gasteiger charge is -2.15. The van der Waals surface area contributed by atoms with Gasteiger partial charge < -0.3 is 15.2 Å². The van der Waals surface area contributed by atoms with Gasteiger partial charge in [0.15, 0.2) is 0 Å². The molecule has 0 aromatic carbocycles. The van der Waals surface area contributed by atoms with E-state index in [0.717, 1.165) is 6.42 Å². The summed E-state index contributed by atoms with van der Waals surface area (Å²) in [6.45, 7) is -1.62. The number of alkyl halides is 2. The summed E-state index contributed by atoms with van der Waals surface area (Å²) in [4.78, 5) is 11.2. The lowest BCUT2D eigenvalue weighted by molar-refractivity contribution is -0.132. The van der Waals surface area contributed by atoms with Crippen molar-refractivity contribution in [2.24, 2.45) is 0 Å². The van der Waals surface area contributed by atoms with E-state index in [0.29, 0.717) is 13.0 Å². The van der Waals surface area contributed by atoms with Crippen LogP contribution in [0.4, 0.5) is 8.78 Å². The largest absolute Gasteiger partial charge is 0.390 e. The molecule has 14 heavy (non-hydrogen) atoms. The third-order valence-electron chi connectivity index (χ3n) is 1.97. The van der Waals surface area contributed by atoms with E-state index in [4.69, 9.17) is 9.84 Å². The van der Waals surface area contributed by atoms with Gasteiger partial charge in [-0.15, -0.1) is 0 Å². The number of hydrogen-bond donors (Lipinski definition) is 2. The molecule has 0 unspecified atom stereocenters. The van der Waals surface area contributed by atoms with Crippen molar-refractivity contribution < 1.29 is 23.4 Å². The van der Waals surface area contributed by atoms with Crippen molar-refractivity contribution in [2.75, 3.05) is 19.8 Å². The summed E-state index contributed by atoms with van der Waals surface area (Å²) in [6.07, 6.45) is 0.731. The summed E-state index contributed by atoms with van der Waals surface area (Å²) in [6, 6.07) is 0. The number of amides is 1. The Hall–Kier alpha value is -0.750. The SMILES string of the molecule is O=C(NCC(F)(F)CO)[C@@H]1CCCO1. The predicted octanol–water partition coefficient (Wildman–Crippen LogP) is -0.0908. The number of aliphatic hydroxyl groups excluding tert-OH is 1. The minimum atomic E-state index is -3.26. The van der Waals surface area contributed by atoms with Gasteiger partial charge in [-0.2, -0.15) is 0 Å². The maximum absolute atomic E-state index is 12.5. The summed E-state index contributed by atoms with van der Waals surface area (Å²) >= 11 is 0. The van der Waals surface area contributed by atoms with Crippen molar-refractivity contribution in [3.8, 4) is 0 Å². The summed E-state index contributed by atoms with van der Waals surface area (Å²) in [5.41, 5.74) is 0. The quantitative estimate of drug-likeness (QED) is 0.680. The first-order valence-corrected chi connectivity index (χ1v) is 4.43. The number of rotatable bonds is 4. The van der Waals surface area contributed by atoms with Gasteiger partial charge >= 0.3 is 0 Å². The van der Waals surface area contributed by atoms with Crippen molar-refractivity contribution in [3.63, 3.8) is 0 Å². The Balaban J connectivity index is 2.27. The average molecular weight is 209 g/mol. The van der Waals surface area contributed by atoms with E-state index in [9.17, 15) is 13.6 Å². The number of aliphatic hydroxyl groups is 1. The third kappa shape index (κ3) is 3.19. The van der Waals surface area contributed by atoms with Crippen LogP contribution in [0.15, 0.2) is 0 Å². The lowest BCUT2D eigenvalue weighted by atomic mass is 10.2. The smallest absolute Gasteiger partial charge is 0.287 e. The number of nitrogens with one attached hydrogen (secondary N) is 1. The van der Waals surface area contributed by atoms with Crippen LogP contribution in [0.1, 0.15) is 12.8 Å². The van der Waals surface area contributed by atoms with Gasteiger partial charge in [0, 0.05) is 6.61 Å². The fraction of sp³-hybridized carbons (Fsp3) is 0.875. The molecule has 0 radical (unpaired) electrons. The number of carbonyl (C=O) groups is 1. The molecule has 6 heteroatoms. The molecule has 1 amide bonds. The van der Waals surface area contributed by atoms with Crippen LogP contribution in [0.25, 0.3) is 0 Å². The molecule has 0 aliphatic carbocycles. The molecule has 0 bridgehead atoms. The van der Waals surface area contributed by atoms with Crippen LogP contribution >= 0.6 is 0 Å². The maximum Gasteiger partial charge on any atom is 0.287 e. The molecule has 1 fully saturated rings. The van der Waals surface area contributed by atoms with Crippen LogP contribution in [0.2, 0.25) is 0 Å². The fourth-order valence-corrected chi connectivity index (χ4v) is 1.17. The number of hydrogen-bond acceptors (Lipinski definition) is 3. The zero-order valence-corrected chi connectivity index (χ0v) is 7.63. The van der Waals surface area contributed by atoms with E-state index in [1.807, 2.05) is 5.32 Å². The highest BCUT2D eigenvalue weighted by Gasteiger charge is 2.30. The predicted molar refractivity (Wildman–Crippen MR) is 44.0 cm³/mol. The molecule has 1 heterocycles.